The number of aryl methyl sites for hydroxylation is 3. The molecule has 1 aromatic rings. The molecule has 0 aromatic heterocycles. The van der Waals surface area contributed by atoms with E-state index in [4.69, 9.17) is 5.21 Å². The van der Waals surface area contributed by atoms with Gasteiger partial charge in [0.05, 0.1) is 5.71 Å². The first-order valence-corrected chi connectivity index (χ1v) is 4.33. The molecule has 0 heterocycles. The van der Waals surface area contributed by atoms with E-state index in [0.717, 1.165) is 16.7 Å². The van der Waals surface area contributed by atoms with Gasteiger partial charge in [-0.1, -0.05) is 22.9 Å². The summed E-state index contributed by atoms with van der Waals surface area (Å²) in [5, 5.41) is 11.9. The molecule has 0 spiro atoms. The second-order valence-corrected chi connectivity index (χ2v) is 3.46. The molecule has 70 valence electrons. The van der Waals surface area contributed by atoms with E-state index in [0.29, 0.717) is 5.71 Å². The third-order valence-corrected chi connectivity index (χ3v) is 2.19. The maximum Gasteiger partial charge on any atom is 0.0842 e. The predicted octanol–water partition coefficient (Wildman–Crippen LogP) is 2.81. The van der Waals surface area contributed by atoms with Gasteiger partial charge in [-0.25, -0.2) is 0 Å². The minimum Gasteiger partial charge on any atom is -0.411 e. The van der Waals surface area contributed by atoms with Gasteiger partial charge in [0.1, 0.15) is 0 Å². The van der Waals surface area contributed by atoms with E-state index in [1.807, 2.05) is 20.8 Å². The summed E-state index contributed by atoms with van der Waals surface area (Å²) >= 11 is 0. The minimum absolute atomic E-state index is 0.676. The molecule has 2 nitrogen and oxygen atoms in total. The summed E-state index contributed by atoms with van der Waals surface area (Å²) < 4.78 is 0. The van der Waals surface area contributed by atoms with Gasteiger partial charge in [-0.05, 0) is 38.8 Å². The van der Waals surface area contributed by atoms with Crippen LogP contribution in [0.3, 0.4) is 0 Å². The first-order chi connectivity index (χ1) is 6.06. The molecule has 0 unspecified atom stereocenters. The zero-order valence-electron chi connectivity index (χ0n) is 8.55. The molecule has 1 N–H and O–H groups in total. The van der Waals surface area contributed by atoms with Crippen molar-refractivity contribution in [3.8, 4) is 0 Å². The molecule has 0 aliphatic carbocycles. The topological polar surface area (TPSA) is 32.6 Å². The molecular weight excluding hydrogens is 162 g/mol. The van der Waals surface area contributed by atoms with Crippen molar-refractivity contribution in [2.24, 2.45) is 5.16 Å². The second kappa shape index (κ2) is 3.60. The van der Waals surface area contributed by atoms with E-state index in [2.05, 4.69) is 24.2 Å². The fourth-order valence-electron chi connectivity index (χ4n) is 1.80. The lowest BCUT2D eigenvalue weighted by Crippen LogP contribution is -2.01. The van der Waals surface area contributed by atoms with Gasteiger partial charge >= 0.3 is 0 Å². The molecular formula is C11H15NO. The highest BCUT2D eigenvalue weighted by molar-refractivity contribution is 6.00. The lowest BCUT2D eigenvalue weighted by atomic mass is 9.97. The summed E-state index contributed by atoms with van der Waals surface area (Å²) in [5.41, 5.74) is 5.29. The summed E-state index contributed by atoms with van der Waals surface area (Å²) in [6.07, 6.45) is 0. The number of hydrogen-bond acceptors (Lipinski definition) is 2. The largest absolute Gasteiger partial charge is 0.411 e. The Morgan fingerprint density at radius 3 is 2.00 bits per heavy atom. The third kappa shape index (κ3) is 1.89. The molecule has 0 amide bonds. The van der Waals surface area contributed by atoms with Gasteiger partial charge in [0.2, 0.25) is 0 Å². The zero-order chi connectivity index (χ0) is 10.0. The molecule has 2 heteroatoms. The van der Waals surface area contributed by atoms with Gasteiger partial charge in [-0.15, -0.1) is 0 Å². The molecule has 0 aliphatic rings. The summed E-state index contributed by atoms with van der Waals surface area (Å²) in [7, 11) is 0. The second-order valence-electron chi connectivity index (χ2n) is 3.46. The summed E-state index contributed by atoms with van der Waals surface area (Å²) in [6, 6.07) is 4.19. The van der Waals surface area contributed by atoms with Crippen molar-refractivity contribution in [2.45, 2.75) is 27.7 Å². The number of benzene rings is 1. The van der Waals surface area contributed by atoms with Crippen LogP contribution in [0, 0.1) is 20.8 Å². The van der Waals surface area contributed by atoms with Crippen LogP contribution in [0.1, 0.15) is 29.2 Å². The fraction of sp³-hybridized carbons (Fsp3) is 0.364. The van der Waals surface area contributed by atoms with Crippen LogP contribution in [0.4, 0.5) is 0 Å². The van der Waals surface area contributed by atoms with Gasteiger partial charge in [0.25, 0.3) is 0 Å². The smallest absolute Gasteiger partial charge is 0.0842 e. The van der Waals surface area contributed by atoms with Gasteiger partial charge in [-0.3, -0.25) is 0 Å². The maximum atomic E-state index is 8.69. The van der Waals surface area contributed by atoms with Crippen LogP contribution in [-0.4, -0.2) is 10.9 Å². The van der Waals surface area contributed by atoms with Crippen molar-refractivity contribution in [3.63, 3.8) is 0 Å². The molecule has 13 heavy (non-hydrogen) atoms. The Morgan fingerprint density at radius 1 is 1.15 bits per heavy atom. The van der Waals surface area contributed by atoms with Crippen molar-refractivity contribution in [2.75, 3.05) is 0 Å². The Morgan fingerprint density at radius 2 is 1.62 bits per heavy atom. The SMILES string of the molecule is CC(=NO)c1c(C)cc(C)cc1C. The molecule has 0 bridgehead atoms. The number of rotatable bonds is 1. The number of nitrogens with zero attached hydrogens (tertiary/aromatic N) is 1. The van der Waals surface area contributed by atoms with Crippen molar-refractivity contribution in [1.82, 2.24) is 0 Å². The predicted molar refractivity (Wildman–Crippen MR) is 54.7 cm³/mol. The van der Waals surface area contributed by atoms with Gasteiger partial charge < -0.3 is 5.21 Å². The Bertz CT molecular complexity index is 330. The Labute approximate surface area is 78.9 Å². The van der Waals surface area contributed by atoms with Crippen LogP contribution in [-0.2, 0) is 0 Å². The normalized spacial score (nSPS) is 11.8. The molecule has 1 rings (SSSR count). The fourth-order valence-corrected chi connectivity index (χ4v) is 1.80. The first-order valence-electron chi connectivity index (χ1n) is 4.33. The quantitative estimate of drug-likeness (QED) is 0.399. The average molecular weight is 177 g/mol. The lowest BCUT2D eigenvalue weighted by molar-refractivity contribution is 0.319. The van der Waals surface area contributed by atoms with Gasteiger partial charge in [0.15, 0.2) is 0 Å². The van der Waals surface area contributed by atoms with Crippen molar-refractivity contribution in [1.29, 1.82) is 0 Å². The Balaban J connectivity index is 3.37. The number of oxime groups is 1. The molecule has 0 atom stereocenters. The standard InChI is InChI=1S/C11H15NO/c1-7-5-8(2)11(9(3)6-7)10(4)12-13/h5-6,13H,1-4H3. The van der Waals surface area contributed by atoms with Gasteiger partial charge in [0, 0.05) is 5.56 Å². The highest BCUT2D eigenvalue weighted by Crippen LogP contribution is 2.16. The highest BCUT2D eigenvalue weighted by atomic mass is 16.4. The van der Waals surface area contributed by atoms with Crippen LogP contribution in [0.2, 0.25) is 0 Å². The minimum atomic E-state index is 0.676. The van der Waals surface area contributed by atoms with Crippen molar-refractivity contribution in [3.05, 3.63) is 34.4 Å². The first kappa shape index (κ1) is 9.78. The van der Waals surface area contributed by atoms with Crippen molar-refractivity contribution >= 4 is 5.71 Å². The molecule has 0 fully saturated rings. The zero-order valence-corrected chi connectivity index (χ0v) is 8.55. The van der Waals surface area contributed by atoms with Crippen molar-refractivity contribution < 1.29 is 5.21 Å². The Kier molecular flexibility index (Phi) is 2.71. The third-order valence-electron chi connectivity index (χ3n) is 2.19. The van der Waals surface area contributed by atoms with Crippen LogP contribution in [0.15, 0.2) is 17.3 Å². The highest BCUT2D eigenvalue weighted by Gasteiger charge is 2.06. The average Bonchev–Trinajstić information content (AvgIpc) is 2.02. The molecule has 1 aromatic carbocycles. The summed E-state index contributed by atoms with van der Waals surface area (Å²) in [4.78, 5) is 0. The van der Waals surface area contributed by atoms with Crippen LogP contribution in [0.25, 0.3) is 0 Å². The van der Waals surface area contributed by atoms with E-state index in [1.165, 1.54) is 5.56 Å². The summed E-state index contributed by atoms with van der Waals surface area (Å²) in [6.45, 7) is 7.94. The van der Waals surface area contributed by atoms with E-state index >= 15 is 0 Å². The van der Waals surface area contributed by atoms with E-state index in [9.17, 15) is 0 Å². The number of hydrogen-bond donors (Lipinski definition) is 1. The molecule has 0 saturated carbocycles. The Hall–Kier alpha value is -1.31. The van der Waals surface area contributed by atoms with Crippen LogP contribution in [0.5, 0.6) is 0 Å². The molecule has 0 radical (unpaired) electrons. The van der Waals surface area contributed by atoms with E-state index in [1.54, 1.807) is 0 Å². The molecule has 0 aliphatic heterocycles. The lowest BCUT2D eigenvalue weighted by Gasteiger charge is -2.09. The molecule has 0 saturated heterocycles. The van der Waals surface area contributed by atoms with E-state index < -0.39 is 0 Å². The van der Waals surface area contributed by atoms with Crippen LogP contribution < -0.4 is 0 Å². The summed E-state index contributed by atoms with van der Waals surface area (Å²) in [5.74, 6) is 0. The van der Waals surface area contributed by atoms with E-state index in [-0.39, 0.29) is 0 Å². The van der Waals surface area contributed by atoms with Gasteiger partial charge in [-0.2, -0.15) is 0 Å². The van der Waals surface area contributed by atoms with Crippen LogP contribution >= 0.6 is 0 Å². The maximum absolute atomic E-state index is 8.69. The monoisotopic (exact) mass is 177 g/mol.